The van der Waals surface area contributed by atoms with E-state index in [1.165, 1.54) is 42.0 Å². The second-order valence-electron chi connectivity index (χ2n) is 14.8. The number of ether oxygens (including phenoxy) is 2. The molecule has 0 saturated carbocycles. The molecule has 0 radical (unpaired) electrons. The zero-order valence-corrected chi connectivity index (χ0v) is 31.6. The molecule has 0 fully saturated rings. The summed E-state index contributed by atoms with van der Waals surface area (Å²) in [5.74, 6) is -1.99. The number of benzene rings is 3. The van der Waals surface area contributed by atoms with Gasteiger partial charge in [-0.2, -0.15) is 0 Å². The summed E-state index contributed by atoms with van der Waals surface area (Å²) in [7, 11) is 0. The SMILES string of the molecule is CCC(Oc1ccc(C(C)(C)CC)cc1C(C)(C)CC)C(=O)Nc1ccc(Cl)c(NC(=O)C(Oc2ccc(C(=O)O)cc2)C(=O)C(C)(C)C)c1. The summed E-state index contributed by atoms with van der Waals surface area (Å²) < 4.78 is 12.2. The number of ketones is 1. The highest BCUT2D eigenvalue weighted by Crippen LogP contribution is 2.39. The van der Waals surface area contributed by atoms with Crippen LogP contribution in [0.15, 0.2) is 60.7 Å². The first kappa shape index (κ1) is 40.1. The molecule has 0 aliphatic carbocycles. The third-order valence-corrected chi connectivity index (χ3v) is 9.58. The summed E-state index contributed by atoms with van der Waals surface area (Å²) in [4.78, 5) is 51.7. The van der Waals surface area contributed by atoms with Gasteiger partial charge in [0.25, 0.3) is 11.8 Å². The molecule has 0 aromatic heterocycles. The number of rotatable bonds is 15. The number of hydrogen-bond acceptors (Lipinski definition) is 6. The molecule has 0 aliphatic heterocycles. The van der Waals surface area contributed by atoms with Gasteiger partial charge in [0.1, 0.15) is 11.5 Å². The normalized spacial score (nSPS) is 13.2. The molecule has 50 heavy (non-hydrogen) atoms. The molecule has 0 saturated heterocycles. The summed E-state index contributed by atoms with van der Waals surface area (Å²) in [6.45, 7) is 19.9. The molecule has 9 nitrogen and oxygen atoms in total. The molecule has 3 aromatic carbocycles. The van der Waals surface area contributed by atoms with Gasteiger partial charge in [-0.25, -0.2) is 4.79 Å². The molecule has 10 heteroatoms. The Kier molecular flexibility index (Phi) is 12.9. The van der Waals surface area contributed by atoms with E-state index < -0.39 is 35.3 Å². The highest BCUT2D eigenvalue weighted by atomic mass is 35.5. The van der Waals surface area contributed by atoms with Crippen molar-refractivity contribution in [2.45, 2.75) is 112 Å². The van der Waals surface area contributed by atoms with Gasteiger partial charge in [-0.3, -0.25) is 14.4 Å². The monoisotopic (exact) mass is 706 g/mol. The average molecular weight is 707 g/mol. The number of anilines is 2. The van der Waals surface area contributed by atoms with E-state index in [1.54, 1.807) is 26.8 Å². The maximum absolute atomic E-state index is 13.6. The van der Waals surface area contributed by atoms with Gasteiger partial charge < -0.3 is 25.2 Å². The molecular weight excluding hydrogens is 656 g/mol. The Morgan fingerprint density at radius 1 is 0.760 bits per heavy atom. The van der Waals surface area contributed by atoms with E-state index in [2.05, 4.69) is 64.3 Å². The summed E-state index contributed by atoms with van der Waals surface area (Å²) in [5, 5.41) is 14.9. The van der Waals surface area contributed by atoms with Crippen molar-refractivity contribution in [3.05, 3.63) is 82.4 Å². The lowest BCUT2D eigenvalue weighted by Gasteiger charge is -2.31. The molecule has 0 heterocycles. The van der Waals surface area contributed by atoms with E-state index in [0.29, 0.717) is 17.9 Å². The van der Waals surface area contributed by atoms with Crippen molar-refractivity contribution >= 4 is 46.5 Å². The van der Waals surface area contributed by atoms with Crippen molar-refractivity contribution < 1.29 is 33.8 Å². The minimum absolute atomic E-state index is 0.0138. The Bertz CT molecular complexity index is 1710. The first-order chi connectivity index (χ1) is 23.2. The maximum Gasteiger partial charge on any atom is 0.335 e. The van der Waals surface area contributed by atoms with E-state index in [-0.39, 0.29) is 38.8 Å². The quantitative estimate of drug-likeness (QED) is 0.134. The molecular formula is C40H51ClN2O7. The van der Waals surface area contributed by atoms with Crippen molar-refractivity contribution in [2.75, 3.05) is 10.6 Å². The fourth-order valence-electron chi connectivity index (χ4n) is 5.00. The van der Waals surface area contributed by atoms with Crippen LogP contribution in [0, 0.1) is 5.41 Å². The van der Waals surface area contributed by atoms with Crippen LogP contribution in [0.4, 0.5) is 11.4 Å². The molecule has 2 amide bonds. The van der Waals surface area contributed by atoms with Gasteiger partial charge in [-0.15, -0.1) is 0 Å². The van der Waals surface area contributed by atoms with Gasteiger partial charge in [-0.1, -0.05) is 93.0 Å². The number of carboxylic acid groups (broad SMARTS) is 1. The van der Waals surface area contributed by atoms with Gasteiger partial charge >= 0.3 is 5.97 Å². The van der Waals surface area contributed by atoms with Gasteiger partial charge in [0.2, 0.25) is 6.10 Å². The largest absolute Gasteiger partial charge is 0.480 e. The van der Waals surface area contributed by atoms with Crippen molar-refractivity contribution in [3.63, 3.8) is 0 Å². The van der Waals surface area contributed by atoms with Crippen LogP contribution >= 0.6 is 11.6 Å². The number of amides is 2. The van der Waals surface area contributed by atoms with E-state index in [4.69, 9.17) is 21.1 Å². The number of nitrogens with one attached hydrogen (secondary N) is 2. The van der Waals surface area contributed by atoms with Crippen molar-refractivity contribution in [1.29, 1.82) is 0 Å². The zero-order chi connectivity index (χ0) is 37.6. The third-order valence-electron chi connectivity index (χ3n) is 9.25. The van der Waals surface area contributed by atoms with Crippen LogP contribution in [0.1, 0.15) is 110 Å². The van der Waals surface area contributed by atoms with Crippen molar-refractivity contribution in [3.8, 4) is 11.5 Å². The predicted molar refractivity (Wildman–Crippen MR) is 199 cm³/mol. The number of halogens is 1. The van der Waals surface area contributed by atoms with Crippen LogP contribution in [-0.2, 0) is 25.2 Å². The van der Waals surface area contributed by atoms with Crippen molar-refractivity contribution in [2.24, 2.45) is 5.41 Å². The van der Waals surface area contributed by atoms with Crippen LogP contribution in [0.25, 0.3) is 0 Å². The van der Waals surface area contributed by atoms with E-state index in [1.807, 2.05) is 13.0 Å². The number of carbonyl (C=O) groups is 4. The topological polar surface area (TPSA) is 131 Å². The first-order valence-electron chi connectivity index (χ1n) is 17.0. The highest BCUT2D eigenvalue weighted by molar-refractivity contribution is 6.34. The molecule has 3 N–H and O–H groups in total. The molecule has 270 valence electrons. The second-order valence-corrected chi connectivity index (χ2v) is 15.2. The predicted octanol–water partition coefficient (Wildman–Crippen LogP) is 9.21. The molecule has 0 bridgehead atoms. The van der Waals surface area contributed by atoms with Crippen molar-refractivity contribution in [1.82, 2.24) is 0 Å². The standard InChI is InChI=1S/C40H51ClN2O7/c1-11-31(50-32-21-16-25(39(7,8)12-2)22-28(32)40(9,10)13-3)35(45)42-26-17-20-29(41)30(23-26)43-36(46)33(34(44)38(4,5)6)49-27-18-14-24(15-19-27)37(47)48/h14-23,31,33H,11-13H2,1-10H3,(H,42,45)(H,43,46)(H,47,48). The molecule has 0 spiro atoms. The van der Waals surface area contributed by atoms with Crippen LogP contribution in [-0.4, -0.2) is 40.9 Å². The zero-order valence-electron chi connectivity index (χ0n) is 30.8. The van der Waals surface area contributed by atoms with Crippen LogP contribution in [0.3, 0.4) is 0 Å². The number of aromatic carboxylic acids is 1. The third kappa shape index (κ3) is 9.87. The Balaban J connectivity index is 1.85. The Labute approximate surface area is 301 Å². The fraction of sp³-hybridized carbons (Fsp3) is 0.450. The molecule has 2 atom stereocenters. The van der Waals surface area contributed by atoms with Crippen LogP contribution in [0.5, 0.6) is 11.5 Å². The smallest absolute Gasteiger partial charge is 0.335 e. The lowest BCUT2D eigenvalue weighted by atomic mass is 9.76. The van der Waals surface area contributed by atoms with E-state index in [0.717, 1.165) is 18.4 Å². The Hall–Kier alpha value is -4.37. The Morgan fingerprint density at radius 2 is 1.38 bits per heavy atom. The molecule has 3 rings (SSSR count). The first-order valence-corrected chi connectivity index (χ1v) is 17.4. The van der Waals surface area contributed by atoms with E-state index >= 15 is 0 Å². The summed E-state index contributed by atoms with van der Waals surface area (Å²) in [6.07, 6.45) is -0.125. The molecule has 0 aliphatic rings. The minimum atomic E-state index is -1.58. The van der Waals surface area contributed by atoms with Gasteiger partial charge in [0.15, 0.2) is 11.9 Å². The average Bonchev–Trinajstić information content (AvgIpc) is 3.06. The summed E-state index contributed by atoms with van der Waals surface area (Å²) in [5.41, 5.74) is 1.64. The lowest BCUT2D eigenvalue weighted by Crippen LogP contribution is -2.45. The number of carboxylic acids is 1. The number of carbonyl (C=O) groups excluding carboxylic acids is 3. The molecule has 3 aromatic rings. The number of Topliss-reactive ketones (excluding diaryl/α,β-unsaturated/α-hetero) is 1. The minimum Gasteiger partial charge on any atom is -0.480 e. The second kappa shape index (κ2) is 16.1. The lowest BCUT2D eigenvalue weighted by molar-refractivity contribution is -0.140. The fourth-order valence-corrected chi connectivity index (χ4v) is 5.17. The van der Waals surface area contributed by atoms with Gasteiger partial charge in [0, 0.05) is 16.7 Å². The maximum atomic E-state index is 13.6. The van der Waals surface area contributed by atoms with Crippen LogP contribution in [0.2, 0.25) is 5.02 Å². The highest BCUT2D eigenvalue weighted by Gasteiger charge is 2.37. The van der Waals surface area contributed by atoms with Crippen LogP contribution < -0.4 is 20.1 Å². The molecule has 2 unspecified atom stereocenters. The van der Waals surface area contributed by atoms with Gasteiger partial charge in [-0.05, 0) is 84.2 Å². The summed E-state index contributed by atoms with van der Waals surface area (Å²) >= 11 is 6.45. The summed E-state index contributed by atoms with van der Waals surface area (Å²) in [6, 6.07) is 16.2. The van der Waals surface area contributed by atoms with E-state index in [9.17, 15) is 24.3 Å². The Morgan fingerprint density at radius 3 is 1.92 bits per heavy atom. The number of hydrogen-bond donors (Lipinski definition) is 3. The van der Waals surface area contributed by atoms with Gasteiger partial charge in [0.05, 0.1) is 16.3 Å².